The molecule has 0 aliphatic heterocycles. The number of aliphatic hydroxyl groups is 2. The standard InChI is InChI=1S/C81H148O16P2/c1-4-7-10-13-16-19-22-25-27-28-29-30-31-32-33-34-35-36-37-38-39-40-41-42-43-44-45-46-48-51-52-55-58-61-64-67-79(84)91-70-76(82)71-93-98(87,88)94-72-77(83)73-95-99(89,90)96-75-78(97-81(86)69-66-63-60-57-54-49-24-21-18-15-12-9-6-3)74-92-80(85)68-65-62-59-56-53-50-47-26-23-20-17-14-11-8-5-2/h16-17,19-20,25-27,29-30,32-33,47,76-78,82-83H,4-15,18,21-24,28,31,34-46,48-75H2,1-3H3,(H,87,88)(H,89,90)/b19-16-,20-17-,27-25-,30-29-,33-32-,47-26-. The maximum Gasteiger partial charge on any atom is 0.472 e. The van der Waals surface area contributed by atoms with Crippen LogP contribution in [0.15, 0.2) is 72.9 Å². The highest BCUT2D eigenvalue weighted by Gasteiger charge is 2.29. The smallest absolute Gasteiger partial charge is 0.463 e. The molecule has 0 heterocycles. The highest BCUT2D eigenvalue weighted by Crippen LogP contribution is 2.45. The fraction of sp³-hybridized carbons (Fsp3) is 0.815. The minimum Gasteiger partial charge on any atom is -0.463 e. The van der Waals surface area contributed by atoms with Gasteiger partial charge in [-0.15, -0.1) is 0 Å². The summed E-state index contributed by atoms with van der Waals surface area (Å²) < 4.78 is 61.0. The van der Waals surface area contributed by atoms with Gasteiger partial charge in [0.25, 0.3) is 0 Å². The second-order valence-electron chi connectivity index (χ2n) is 27.2. The van der Waals surface area contributed by atoms with Crippen LogP contribution in [-0.4, -0.2) is 95.9 Å². The number of carbonyl (C=O) groups is 3. The molecule has 0 bridgehead atoms. The van der Waals surface area contributed by atoms with Gasteiger partial charge < -0.3 is 34.2 Å². The van der Waals surface area contributed by atoms with Crippen LogP contribution in [0.4, 0.5) is 0 Å². The predicted molar refractivity (Wildman–Crippen MR) is 408 cm³/mol. The van der Waals surface area contributed by atoms with Crippen LogP contribution in [0.25, 0.3) is 0 Å². The second kappa shape index (κ2) is 74.7. The van der Waals surface area contributed by atoms with Gasteiger partial charge in [0.2, 0.25) is 0 Å². The first-order chi connectivity index (χ1) is 48.2. The van der Waals surface area contributed by atoms with E-state index in [1.807, 2.05) is 0 Å². The van der Waals surface area contributed by atoms with Crippen LogP contribution in [0.2, 0.25) is 0 Å². The molecule has 0 aliphatic rings. The summed E-state index contributed by atoms with van der Waals surface area (Å²) in [5.41, 5.74) is 0. The highest BCUT2D eigenvalue weighted by atomic mass is 31.2. The fourth-order valence-electron chi connectivity index (χ4n) is 11.2. The highest BCUT2D eigenvalue weighted by molar-refractivity contribution is 7.47. The Bertz CT molecular complexity index is 2090. The van der Waals surface area contributed by atoms with Crippen molar-refractivity contribution >= 4 is 33.6 Å². The lowest BCUT2D eigenvalue weighted by atomic mass is 10.0. The molecule has 0 rings (SSSR count). The number of hydrogen-bond donors (Lipinski definition) is 4. The molecule has 0 spiro atoms. The van der Waals surface area contributed by atoms with Crippen molar-refractivity contribution in [2.75, 3.05) is 39.6 Å². The number of unbranched alkanes of at least 4 members (excludes halogenated alkanes) is 42. The van der Waals surface area contributed by atoms with Crippen LogP contribution >= 0.6 is 15.6 Å². The third-order valence-electron chi connectivity index (χ3n) is 17.4. The first-order valence-corrected chi connectivity index (χ1v) is 43.2. The molecule has 0 aromatic rings. The molecule has 0 aromatic carbocycles. The zero-order valence-electron chi connectivity index (χ0n) is 63.2. The van der Waals surface area contributed by atoms with Gasteiger partial charge in [0.1, 0.15) is 25.4 Å². The molecule has 0 aromatic heterocycles. The van der Waals surface area contributed by atoms with E-state index in [4.69, 9.17) is 32.3 Å². The second-order valence-corrected chi connectivity index (χ2v) is 30.1. The lowest BCUT2D eigenvalue weighted by molar-refractivity contribution is -0.161. The Morgan fingerprint density at radius 2 is 0.505 bits per heavy atom. The molecule has 0 saturated heterocycles. The molecular formula is C81H148O16P2. The van der Waals surface area contributed by atoms with Crippen molar-refractivity contribution in [3.05, 3.63) is 72.9 Å². The fourth-order valence-corrected chi connectivity index (χ4v) is 12.8. The Hall–Kier alpha value is -3.01. The van der Waals surface area contributed by atoms with Crippen LogP contribution in [-0.2, 0) is 55.8 Å². The SMILES string of the molecule is CCCCC/C=C\C/C=C\C/C=C\C/C=C\CCCCCCCCCCCCCCCCCCCCCC(=O)OCC(O)COP(=O)(O)OCC(O)COP(=O)(O)OCC(COC(=O)CCCCCCC/C=C\C/C=C\CCCCC)OC(=O)CCCCCCCCCCCCCCC. The molecule has 4 N–H and O–H groups in total. The lowest BCUT2D eigenvalue weighted by Crippen LogP contribution is -2.30. The Kier molecular flexibility index (Phi) is 72.4. The first-order valence-electron chi connectivity index (χ1n) is 40.2. The zero-order valence-corrected chi connectivity index (χ0v) is 65.0. The van der Waals surface area contributed by atoms with Gasteiger partial charge in [-0.05, 0) is 96.3 Å². The van der Waals surface area contributed by atoms with Crippen molar-refractivity contribution in [3.8, 4) is 0 Å². The Balaban J connectivity index is 4.30. The maximum absolute atomic E-state index is 12.9. The topological polar surface area (TPSA) is 231 Å². The van der Waals surface area contributed by atoms with E-state index in [9.17, 15) is 43.5 Å². The van der Waals surface area contributed by atoms with Crippen LogP contribution in [0, 0.1) is 0 Å². The van der Waals surface area contributed by atoms with Crippen molar-refractivity contribution < 1.29 is 75.8 Å². The van der Waals surface area contributed by atoms with Crippen LogP contribution < -0.4 is 0 Å². The summed E-state index contributed by atoms with van der Waals surface area (Å²) in [6, 6.07) is 0. The monoisotopic (exact) mass is 1440 g/mol. The lowest BCUT2D eigenvalue weighted by Gasteiger charge is -2.21. The van der Waals surface area contributed by atoms with E-state index >= 15 is 0 Å². The molecule has 0 fully saturated rings. The summed E-state index contributed by atoms with van der Waals surface area (Å²) in [6.07, 6.45) is 82.7. The summed E-state index contributed by atoms with van der Waals surface area (Å²) in [4.78, 5) is 58.5. The Morgan fingerprint density at radius 1 is 0.283 bits per heavy atom. The molecule has 16 nitrogen and oxygen atoms in total. The number of phosphoric acid groups is 2. The summed E-state index contributed by atoms with van der Waals surface area (Å²) in [7, 11) is -9.77. The normalized spacial score (nSPS) is 14.4. The van der Waals surface area contributed by atoms with E-state index < -0.39 is 91.5 Å². The number of esters is 3. The average molecular weight is 1440 g/mol. The van der Waals surface area contributed by atoms with Crippen LogP contribution in [0.1, 0.15) is 367 Å². The number of allylic oxidation sites excluding steroid dienone is 12. The number of rotatable bonds is 77. The third-order valence-corrected chi connectivity index (χ3v) is 19.3. The maximum atomic E-state index is 12.9. The zero-order chi connectivity index (χ0) is 72.3. The van der Waals surface area contributed by atoms with E-state index in [0.29, 0.717) is 19.3 Å². The van der Waals surface area contributed by atoms with Gasteiger partial charge in [0.15, 0.2) is 6.10 Å². The number of hydrogen-bond acceptors (Lipinski definition) is 14. The first kappa shape index (κ1) is 96.0. The molecule has 18 heteroatoms. The van der Waals surface area contributed by atoms with Crippen molar-refractivity contribution in [2.24, 2.45) is 0 Å². The molecule has 99 heavy (non-hydrogen) atoms. The molecule has 0 amide bonds. The van der Waals surface area contributed by atoms with E-state index in [1.54, 1.807) is 0 Å². The van der Waals surface area contributed by atoms with Crippen LogP contribution in [0.5, 0.6) is 0 Å². The Morgan fingerprint density at radius 3 is 0.818 bits per heavy atom. The van der Waals surface area contributed by atoms with Gasteiger partial charge in [-0.2, -0.15) is 0 Å². The average Bonchev–Trinajstić information content (AvgIpc) is 1.09. The van der Waals surface area contributed by atoms with Crippen molar-refractivity contribution in [2.45, 2.75) is 386 Å². The van der Waals surface area contributed by atoms with Gasteiger partial charge in [-0.3, -0.25) is 32.5 Å². The van der Waals surface area contributed by atoms with E-state index in [1.165, 1.54) is 199 Å². The molecule has 578 valence electrons. The number of ether oxygens (including phenoxy) is 3. The van der Waals surface area contributed by atoms with Gasteiger partial charge in [-0.25, -0.2) is 9.13 Å². The molecule has 0 radical (unpaired) electrons. The van der Waals surface area contributed by atoms with E-state index in [0.717, 1.165) is 109 Å². The summed E-state index contributed by atoms with van der Waals surface area (Å²) in [5.74, 6) is -1.57. The molecule has 5 unspecified atom stereocenters. The molecule has 5 atom stereocenters. The minimum atomic E-state index is -4.92. The van der Waals surface area contributed by atoms with E-state index in [2.05, 4.69) is 93.7 Å². The van der Waals surface area contributed by atoms with E-state index in [-0.39, 0.29) is 19.3 Å². The summed E-state index contributed by atoms with van der Waals surface area (Å²) in [6.45, 7) is 2.66. The van der Waals surface area contributed by atoms with Gasteiger partial charge in [-0.1, -0.05) is 325 Å². The van der Waals surface area contributed by atoms with Gasteiger partial charge in [0, 0.05) is 19.3 Å². The quantitative estimate of drug-likeness (QED) is 0.0146. The number of aliphatic hydroxyl groups excluding tert-OH is 2. The molecular weight excluding hydrogens is 1290 g/mol. The third kappa shape index (κ3) is 76.0. The Labute approximate surface area is 604 Å². The van der Waals surface area contributed by atoms with Gasteiger partial charge >= 0.3 is 33.6 Å². The summed E-state index contributed by atoms with van der Waals surface area (Å²) >= 11 is 0. The van der Waals surface area contributed by atoms with Crippen molar-refractivity contribution in [1.29, 1.82) is 0 Å². The largest absolute Gasteiger partial charge is 0.472 e. The van der Waals surface area contributed by atoms with Crippen LogP contribution in [0.3, 0.4) is 0 Å². The van der Waals surface area contributed by atoms with Gasteiger partial charge in [0.05, 0.1) is 26.4 Å². The number of carbonyl (C=O) groups excluding carboxylic acids is 3. The van der Waals surface area contributed by atoms with Crippen molar-refractivity contribution in [1.82, 2.24) is 0 Å². The minimum absolute atomic E-state index is 0.108. The van der Waals surface area contributed by atoms with Crippen molar-refractivity contribution in [3.63, 3.8) is 0 Å². The molecule has 0 aliphatic carbocycles. The summed E-state index contributed by atoms with van der Waals surface area (Å²) in [5, 5.41) is 20.6. The molecule has 0 saturated carbocycles. The number of phosphoric ester groups is 2. The predicted octanol–water partition coefficient (Wildman–Crippen LogP) is 23.4.